The Morgan fingerprint density at radius 3 is 2.82 bits per heavy atom. The van der Waals surface area contributed by atoms with Gasteiger partial charge in [-0.1, -0.05) is 25.7 Å². The summed E-state index contributed by atoms with van der Waals surface area (Å²) in [6.07, 6.45) is 8.13. The van der Waals surface area contributed by atoms with Gasteiger partial charge in [-0.25, -0.2) is 4.98 Å². The first-order valence-corrected chi connectivity index (χ1v) is 7.86. The molecule has 3 rings (SSSR count). The topological polar surface area (TPSA) is 80.3 Å². The molecular weight excluding hydrogens is 282 g/mol. The molecule has 0 radical (unpaired) electrons. The third kappa shape index (κ3) is 2.77. The van der Waals surface area contributed by atoms with E-state index >= 15 is 0 Å². The predicted molar refractivity (Wildman–Crippen MR) is 81.5 cm³/mol. The number of hydrogen-bond acceptors (Lipinski definition) is 4. The molecule has 1 unspecified atom stereocenters. The molecule has 2 aliphatic rings. The molecule has 2 heterocycles. The Balaban J connectivity index is 1.74. The summed E-state index contributed by atoms with van der Waals surface area (Å²) in [6.45, 7) is 1.50. The van der Waals surface area contributed by atoms with Crippen molar-refractivity contribution in [1.82, 2.24) is 10.3 Å². The van der Waals surface area contributed by atoms with Crippen molar-refractivity contribution in [2.45, 2.75) is 57.1 Å². The summed E-state index contributed by atoms with van der Waals surface area (Å²) in [6, 6.07) is 3.53. The molecule has 2 amide bonds. The lowest BCUT2D eigenvalue weighted by Crippen LogP contribution is -2.60. The predicted octanol–water partition coefficient (Wildman–Crippen LogP) is 2.01. The highest BCUT2D eigenvalue weighted by atomic mass is 16.5. The van der Waals surface area contributed by atoms with Gasteiger partial charge in [0.1, 0.15) is 0 Å². The standard InChI is InChI=1S/C16H21N3O3/c1-16(14(20)18-11-7-4-2-3-5-8-11)15(21)19-13-12(22-16)9-6-10-17-13/h6,9-11H,2-5,7-8H2,1H3,(H,18,20)(H,17,19,21). The van der Waals surface area contributed by atoms with E-state index in [0.717, 1.165) is 25.7 Å². The van der Waals surface area contributed by atoms with Crippen molar-refractivity contribution < 1.29 is 14.3 Å². The van der Waals surface area contributed by atoms with Crippen LogP contribution in [0.3, 0.4) is 0 Å². The van der Waals surface area contributed by atoms with Crippen LogP contribution in [-0.4, -0.2) is 28.4 Å². The summed E-state index contributed by atoms with van der Waals surface area (Å²) in [7, 11) is 0. The van der Waals surface area contributed by atoms with Crippen LogP contribution >= 0.6 is 0 Å². The first-order valence-electron chi connectivity index (χ1n) is 7.86. The number of fused-ring (bicyclic) bond motifs is 1. The zero-order valence-electron chi connectivity index (χ0n) is 12.7. The highest BCUT2D eigenvalue weighted by Crippen LogP contribution is 2.31. The molecule has 2 N–H and O–H groups in total. The van der Waals surface area contributed by atoms with Crippen molar-refractivity contribution >= 4 is 17.6 Å². The van der Waals surface area contributed by atoms with Gasteiger partial charge in [-0.2, -0.15) is 0 Å². The van der Waals surface area contributed by atoms with Gasteiger partial charge in [0.2, 0.25) is 0 Å². The summed E-state index contributed by atoms with van der Waals surface area (Å²) in [5, 5.41) is 5.63. The smallest absolute Gasteiger partial charge is 0.279 e. The molecule has 1 aromatic heterocycles. The minimum absolute atomic E-state index is 0.124. The van der Waals surface area contributed by atoms with Crippen LogP contribution in [-0.2, 0) is 9.59 Å². The van der Waals surface area contributed by atoms with E-state index in [9.17, 15) is 9.59 Å². The number of ether oxygens (including phenoxy) is 1. The van der Waals surface area contributed by atoms with E-state index in [0.29, 0.717) is 11.6 Å². The molecule has 1 saturated carbocycles. The Morgan fingerprint density at radius 2 is 2.09 bits per heavy atom. The summed E-state index contributed by atoms with van der Waals surface area (Å²) >= 11 is 0. The van der Waals surface area contributed by atoms with E-state index < -0.39 is 11.5 Å². The van der Waals surface area contributed by atoms with Crippen LogP contribution < -0.4 is 15.4 Å². The van der Waals surface area contributed by atoms with Gasteiger partial charge in [0, 0.05) is 12.2 Å². The number of carbonyl (C=O) groups excluding carboxylic acids is 2. The van der Waals surface area contributed by atoms with E-state index in [-0.39, 0.29) is 11.9 Å². The van der Waals surface area contributed by atoms with Crippen molar-refractivity contribution in [3.05, 3.63) is 18.3 Å². The number of anilines is 1. The number of rotatable bonds is 2. The van der Waals surface area contributed by atoms with Gasteiger partial charge in [-0.15, -0.1) is 0 Å². The number of hydrogen-bond donors (Lipinski definition) is 2. The molecule has 0 bridgehead atoms. The van der Waals surface area contributed by atoms with E-state index in [1.54, 1.807) is 18.3 Å². The maximum absolute atomic E-state index is 12.6. The van der Waals surface area contributed by atoms with Crippen molar-refractivity contribution in [3.63, 3.8) is 0 Å². The number of nitrogens with zero attached hydrogens (tertiary/aromatic N) is 1. The number of pyridine rings is 1. The quantitative estimate of drug-likeness (QED) is 0.647. The second kappa shape index (κ2) is 5.94. The first kappa shape index (κ1) is 14.8. The zero-order valence-corrected chi connectivity index (χ0v) is 12.7. The lowest BCUT2D eigenvalue weighted by Gasteiger charge is -2.33. The molecule has 1 fully saturated rings. The number of nitrogens with one attached hydrogen (secondary N) is 2. The van der Waals surface area contributed by atoms with E-state index in [2.05, 4.69) is 15.6 Å². The second-order valence-corrected chi connectivity index (χ2v) is 6.10. The van der Waals surface area contributed by atoms with Crippen LogP contribution in [0.5, 0.6) is 5.75 Å². The van der Waals surface area contributed by atoms with Gasteiger partial charge in [-0.05, 0) is 31.9 Å². The average molecular weight is 303 g/mol. The third-order valence-corrected chi connectivity index (χ3v) is 4.37. The van der Waals surface area contributed by atoms with Gasteiger partial charge in [-0.3, -0.25) is 9.59 Å². The normalized spacial score (nSPS) is 25.4. The van der Waals surface area contributed by atoms with Gasteiger partial charge < -0.3 is 15.4 Å². The van der Waals surface area contributed by atoms with Crippen LogP contribution in [0.25, 0.3) is 0 Å². The zero-order chi connectivity index (χ0) is 15.6. The average Bonchev–Trinajstić information content (AvgIpc) is 2.77. The molecule has 118 valence electrons. The molecule has 0 saturated heterocycles. The molecule has 1 aliphatic heterocycles. The third-order valence-electron chi connectivity index (χ3n) is 4.37. The molecule has 0 spiro atoms. The lowest BCUT2D eigenvalue weighted by atomic mass is 10.0. The van der Waals surface area contributed by atoms with Crippen molar-refractivity contribution in [2.75, 3.05) is 5.32 Å². The van der Waals surface area contributed by atoms with Crippen LogP contribution in [0.1, 0.15) is 45.4 Å². The monoisotopic (exact) mass is 303 g/mol. The van der Waals surface area contributed by atoms with Crippen LogP contribution in [0.15, 0.2) is 18.3 Å². The summed E-state index contributed by atoms with van der Waals surface area (Å²) in [5.41, 5.74) is -1.55. The van der Waals surface area contributed by atoms with Gasteiger partial charge in [0.05, 0.1) is 0 Å². The summed E-state index contributed by atoms with van der Waals surface area (Å²) in [5.74, 6) is -0.0934. The Morgan fingerprint density at radius 1 is 1.36 bits per heavy atom. The van der Waals surface area contributed by atoms with Gasteiger partial charge >= 0.3 is 0 Å². The molecule has 6 nitrogen and oxygen atoms in total. The molecule has 6 heteroatoms. The van der Waals surface area contributed by atoms with Crippen molar-refractivity contribution in [3.8, 4) is 5.75 Å². The minimum atomic E-state index is -1.55. The maximum atomic E-state index is 12.6. The SMILES string of the molecule is CC1(C(=O)NC2CCCCCC2)Oc2cccnc2NC1=O. The van der Waals surface area contributed by atoms with E-state index in [1.807, 2.05) is 0 Å². The fourth-order valence-corrected chi connectivity index (χ4v) is 2.96. The summed E-state index contributed by atoms with van der Waals surface area (Å²) in [4.78, 5) is 28.9. The van der Waals surface area contributed by atoms with E-state index in [4.69, 9.17) is 4.74 Å². The lowest BCUT2D eigenvalue weighted by molar-refractivity contribution is -0.147. The molecule has 22 heavy (non-hydrogen) atoms. The highest BCUT2D eigenvalue weighted by molar-refractivity contribution is 6.15. The molecule has 1 atom stereocenters. The fourth-order valence-electron chi connectivity index (χ4n) is 2.96. The highest BCUT2D eigenvalue weighted by Gasteiger charge is 2.48. The first-order chi connectivity index (χ1) is 10.6. The molecule has 1 aliphatic carbocycles. The Kier molecular flexibility index (Phi) is 4.00. The molecule has 1 aromatic rings. The number of amides is 2. The van der Waals surface area contributed by atoms with E-state index in [1.165, 1.54) is 19.8 Å². The Hall–Kier alpha value is -2.11. The van der Waals surface area contributed by atoms with Crippen LogP contribution in [0.2, 0.25) is 0 Å². The largest absolute Gasteiger partial charge is 0.464 e. The molecule has 0 aromatic carbocycles. The van der Waals surface area contributed by atoms with Gasteiger partial charge in [0.25, 0.3) is 17.4 Å². The number of carbonyl (C=O) groups is 2. The van der Waals surface area contributed by atoms with Crippen molar-refractivity contribution in [1.29, 1.82) is 0 Å². The van der Waals surface area contributed by atoms with Crippen molar-refractivity contribution in [2.24, 2.45) is 0 Å². The van der Waals surface area contributed by atoms with Crippen LogP contribution in [0, 0.1) is 0 Å². The van der Waals surface area contributed by atoms with Crippen LogP contribution in [0.4, 0.5) is 5.82 Å². The Bertz CT molecular complexity index is 582. The maximum Gasteiger partial charge on any atom is 0.279 e. The summed E-state index contributed by atoms with van der Waals surface area (Å²) < 4.78 is 5.68. The Labute approximate surface area is 129 Å². The number of aromatic nitrogens is 1. The molecular formula is C16H21N3O3. The fraction of sp³-hybridized carbons (Fsp3) is 0.562. The second-order valence-electron chi connectivity index (χ2n) is 6.10. The van der Waals surface area contributed by atoms with Gasteiger partial charge in [0.15, 0.2) is 11.6 Å². The minimum Gasteiger partial charge on any atom is -0.464 e.